The molecule has 0 spiro atoms. The van der Waals surface area contributed by atoms with E-state index in [9.17, 15) is 14.4 Å². The van der Waals surface area contributed by atoms with Crippen LogP contribution in [0.25, 0.3) is 5.57 Å². The number of ether oxygens (including phenoxy) is 2. The van der Waals surface area contributed by atoms with Crippen LogP contribution in [0.5, 0.6) is 11.5 Å². The van der Waals surface area contributed by atoms with Crippen molar-refractivity contribution >= 4 is 29.0 Å². The van der Waals surface area contributed by atoms with Crippen molar-refractivity contribution in [3.05, 3.63) is 39.3 Å². The quantitative estimate of drug-likeness (QED) is 0.695. The lowest BCUT2D eigenvalue weighted by Gasteiger charge is -2.33. The Bertz CT molecular complexity index is 1250. The highest BCUT2D eigenvalue weighted by Crippen LogP contribution is 2.29. The van der Waals surface area contributed by atoms with Crippen molar-refractivity contribution in [2.24, 2.45) is 4.99 Å². The molecule has 0 aliphatic carbocycles. The Hall–Kier alpha value is -3.69. The summed E-state index contributed by atoms with van der Waals surface area (Å²) in [6.45, 7) is 2.82. The number of fused-ring (bicyclic) bond motifs is 1. The molecule has 0 radical (unpaired) electrons. The highest BCUT2D eigenvalue weighted by Gasteiger charge is 2.25. The van der Waals surface area contributed by atoms with Crippen LogP contribution in [0.2, 0.25) is 0 Å². The third kappa shape index (κ3) is 4.08. The lowest BCUT2D eigenvalue weighted by atomic mass is 10.0. The number of hydrogen-bond acceptors (Lipinski definition) is 7. The average molecular weight is 439 g/mol. The van der Waals surface area contributed by atoms with Crippen LogP contribution in [-0.4, -0.2) is 48.6 Å². The van der Waals surface area contributed by atoms with Crippen LogP contribution in [0.4, 0.5) is 11.6 Å². The van der Waals surface area contributed by atoms with Gasteiger partial charge in [0.1, 0.15) is 11.5 Å². The van der Waals surface area contributed by atoms with E-state index in [-0.39, 0.29) is 28.7 Å². The van der Waals surface area contributed by atoms with E-state index in [4.69, 9.17) is 9.47 Å². The van der Waals surface area contributed by atoms with Gasteiger partial charge in [0.25, 0.3) is 17.4 Å². The zero-order valence-corrected chi connectivity index (χ0v) is 18.2. The van der Waals surface area contributed by atoms with E-state index >= 15 is 0 Å². The topological polar surface area (TPSA) is 126 Å². The minimum absolute atomic E-state index is 0.0167. The maximum Gasteiger partial charge on any atom is 0.262 e. The Morgan fingerprint density at radius 2 is 2.03 bits per heavy atom. The van der Waals surface area contributed by atoms with E-state index in [0.29, 0.717) is 23.1 Å². The second kappa shape index (κ2) is 8.81. The van der Waals surface area contributed by atoms with Gasteiger partial charge in [0.15, 0.2) is 5.49 Å². The molecule has 0 bridgehead atoms. The first-order valence-electron chi connectivity index (χ1n) is 10.5. The van der Waals surface area contributed by atoms with Crippen LogP contribution in [0.3, 0.4) is 0 Å². The van der Waals surface area contributed by atoms with Crippen molar-refractivity contribution in [3.8, 4) is 11.5 Å². The minimum atomic E-state index is -0.593. The van der Waals surface area contributed by atoms with Gasteiger partial charge in [-0.1, -0.05) is 0 Å². The zero-order chi connectivity index (χ0) is 22.8. The molecule has 168 valence electrons. The standard InChI is InChI=1S/C22H25N5O5/c1-12-6-4-5-9-27(12)22-25-19-18(21(30)26-22)14(11-17(28)24-19)20(29)23-15-8-7-13(31-2)10-16(15)32-3/h7-8,10,12H,4-6,9,11H2,1-3H3,(H,23,29)(H,24,25,26,28,30). The highest BCUT2D eigenvalue weighted by molar-refractivity contribution is 6.23. The Balaban J connectivity index is 1.76. The minimum Gasteiger partial charge on any atom is -0.497 e. The monoisotopic (exact) mass is 439 g/mol. The van der Waals surface area contributed by atoms with Crippen molar-refractivity contribution in [1.29, 1.82) is 0 Å². The number of nitrogens with zero attached hydrogens (tertiary/aromatic N) is 3. The van der Waals surface area contributed by atoms with E-state index in [0.717, 1.165) is 25.8 Å². The fourth-order valence-corrected chi connectivity index (χ4v) is 4.04. The number of amides is 2. The lowest BCUT2D eigenvalue weighted by molar-refractivity contribution is -0.118. The molecule has 3 heterocycles. The number of anilines is 2. The third-order valence-corrected chi connectivity index (χ3v) is 5.75. The van der Waals surface area contributed by atoms with Crippen LogP contribution in [-0.2, 0) is 9.59 Å². The summed E-state index contributed by atoms with van der Waals surface area (Å²) in [4.78, 5) is 51.5. The fraction of sp³-hybridized carbons (Fsp3) is 0.409. The third-order valence-electron chi connectivity index (χ3n) is 5.75. The number of benzene rings is 1. The molecule has 1 unspecified atom stereocenters. The number of rotatable bonds is 5. The molecule has 32 heavy (non-hydrogen) atoms. The first-order valence-corrected chi connectivity index (χ1v) is 10.5. The van der Waals surface area contributed by atoms with Crippen molar-refractivity contribution < 1.29 is 19.1 Å². The molecule has 0 saturated carbocycles. The molecule has 10 heteroatoms. The van der Waals surface area contributed by atoms with Crippen LogP contribution in [0, 0.1) is 0 Å². The molecule has 1 atom stereocenters. The summed E-state index contributed by atoms with van der Waals surface area (Å²) < 4.78 is 10.5. The Kier molecular flexibility index (Phi) is 5.93. The van der Waals surface area contributed by atoms with Crippen molar-refractivity contribution in [3.63, 3.8) is 0 Å². The van der Waals surface area contributed by atoms with Gasteiger partial charge in [-0.25, -0.2) is 0 Å². The highest BCUT2D eigenvalue weighted by atomic mass is 16.5. The number of carbonyl (C=O) groups is 2. The predicted octanol–water partition coefficient (Wildman–Crippen LogP) is 0.505. The zero-order valence-electron chi connectivity index (χ0n) is 18.2. The van der Waals surface area contributed by atoms with Crippen molar-refractivity contribution in [1.82, 2.24) is 9.97 Å². The summed E-state index contributed by atoms with van der Waals surface area (Å²) in [6.07, 6.45) is 2.80. The van der Waals surface area contributed by atoms with Crippen LogP contribution in [0.1, 0.15) is 32.6 Å². The van der Waals surface area contributed by atoms with E-state index < -0.39 is 17.4 Å². The van der Waals surface area contributed by atoms with Gasteiger partial charge in [-0.15, -0.1) is 0 Å². The largest absolute Gasteiger partial charge is 0.497 e. The second-order valence-corrected chi connectivity index (χ2v) is 7.81. The van der Waals surface area contributed by atoms with Gasteiger partial charge in [0, 0.05) is 24.2 Å². The predicted molar refractivity (Wildman–Crippen MR) is 118 cm³/mol. The first-order chi connectivity index (χ1) is 15.4. The van der Waals surface area contributed by atoms with Gasteiger partial charge >= 0.3 is 0 Å². The molecule has 2 aliphatic heterocycles. The molecule has 4 rings (SSSR count). The molecule has 2 amide bonds. The molecule has 1 fully saturated rings. The number of methoxy groups -OCH3 is 2. The average Bonchev–Trinajstić information content (AvgIpc) is 2.78. The van der Waals surface area contributed by atoms with Gasteiger partial charge in [0.05, 0.1) is 31.5 Å². The van der Waals surface area contributed by atoms with Crippen LogP contribution < -0.4 is 36.0 Å². The number of carbonyl (C=O) groups excluding carboxylic acids is 2. The number of aromatic amines is 1. The molecule has 1 aromatic heterocycles. The smallest absolute Gasteiger partial charge is 0.262 e. The second-order valence-electron chi connectivity index (χ2n) is 7.81. The molecule has 10 nitrogen and oxygen atoms in total. The molecule has 2 aliphatic rings. The van der Waals surface area contributed by atoms with Gasteiger partial charge in [-0.05, 0) is 38.3 Å². The normalized spacial score (nSPS) is 18.0. The van der Waals surface area contributed by atoms with Gasteiger partial charge in [-0.3, -0.25) is 19.4 Å². The summed E-state index contributed by atoms with van der Waals surface area (Å²) >= 11 is 0. The SMILES string of the molecule is COc1ccc(NC(=O)C2=c3c(nc(N4CCCCC4C)[nH]c3=O)=NC(=O)C2)c(OC)c1. The molecular weight excluding hydrogens is 414 g/mol. The Labute approximate surface area is 184 Å². The number of H-pyrrole nitrogens is 1. The summed E-state index contributed by atoms with van der Waals surface area (Å²) in [5.74, 6) is 0.192. The van der Waals surface area contributed by atoms with Crippen molar-refractivity contribution in [2.45, 2.75) is 38.6 Å². The van der Waals surface area contributed by atoms with E-state index in [1.54, 1.807) is 18.2 Å². The molecule has 1 aromatic carbocycles. The lowest BCUT2D eigenvalue weighted by Crippen LogP contribution is -2.51. The van der Waals surface area contributed by atoms with E-state index in [1.165, 1.54) is 14.2 Å². The molecule has 2 N–H and O–H groups in total. The number of aromatic nitrogens is 2. The Morgan fingerprint density at radius 1 is 1.22 bits per heavy atom. The Morgan fingerprint density at radius 3 is 2.75 bits per heavy atom. The number of hydrogen-bond donors (Lipinski definition) is 2. The maximum absolute atomic E-state index is 13.1. The molecule has 2 aromatic rings. The number of piperidine rings is 1. The van der Waals surface area contributed by atoms with E-state index in [2.05, 4.69) is 27.2 Å². The first kappa shape index (κ1) is 21.5. The van der Waals surface area contributed by atoms with Crippen LogP contribution >= 0.6 is 0 Å². The maximum atomic E-state index is 13.1. The fourth-order valence-electron chi connectivity index (χ4n) is 4.04. The molecular formula is C22H25N5O5. The summed E-state index contributed by atoms with van der Waals surface area (Å²) in [5.41, 5.74) is -0.120. The van der Waals surface area contributed by atoms with E-state index in [1.807, 2.05) is 4.90 Å². The van der Waals surface area contributed by atoms with Gasteiger partial charge in [0.2, 0.25) is 5.95 Å². The summed E-state index contributed by atoms with van der Waals surface area (Å²) in [5, 5.41) is 2.73. The summed E-state index contributed by atoms with van der Waals surface area (Å²) in [6, 6.07) is 5.11. The summed E-state index contributed by atoms with van der Waals surface area (Å²) in [7, 11) is 2.99. The van der Waals surface area contributed by atoms with Gasteiger partial charge in [-0.2, -0.15) is 9.98 Å². The van der Waals surface area contributed by atoms with Crippen molar-refractivity contribution in [2.75, 3.05) is 31.0 Å². The van der Waals surface area contributed by atoms with Crippen LogP contribution in [0.15, 0.2) is 28.0 Å². The molecule has 1 saturated heterocycles. The van der Waals surface area contributed by atoms with Gasteiger partial charge < -0.3 is 19.7 Å². The number of nitrogens with one attached hydrogen (secondary N) is 2.